The van der Waals surface area contributed by atoms with Crippen LogP contribution in [0.5, 0.6) is 0 Å². The fraction of sp³-hybridized carbons (Fsp3) is 0.182. The van der Waals surface area contributed by atoms with Crippen LogP contribution in [0.3, 0.4) is 0 Å². The van der Waals surface area contributed by atoms with Gasteiger partial charge in [0.2, 0.25) is 0 Å². The average Bonchev–Trinajstić information content (AvgIpc) is 3.06. The Bertz CT molecular complexity index is 1740. The van der Waals surface area contributed by atoms with E-state index in [4.69, 9.17) is 0 Å². The van der Waals surface area contributed by atoms with E-state index in [-0.39, 0.29) is 0 Å². The van der Waals surface area contributed by atoms with Crippen molar-refractivity contribution in [1.29, 1.82) is 0 Å². The van der Waals surface area contributed by atoms with Crippen LogP contribution in [0.25, 0.3) is 11.1 Å². The molecule has 6 heteroatoms. The van der Waals surface area contributed by atoms with E-state index >= 15 is 0 Å². The van der Waals surface area contributed by atoms with E-state index in [9.17, 15) is 0 Å². The van der Waals surface area contributed by atoms with E-state index in [0.717, 1.165) is 0 Å². The van der Waals surface area contributed by atoms with Crippen molar-refractivity contribution in [2.24, 2.45) is 0 Å². The summed E-state index contributed by atoms with van der Waals surface area (Å²) in [4.78, 5) is 0. The molecule has 0 aliphatic carbocycles. The summed E-state index contributed by atoms with van der Waals surface area (Å²) in [5, 5.41) is 8.47. The first kappa shape index (κ1) is 41.0. The molecule has 0 amide bonds. The van der Waals surface area contributed by atoms with Crippen molar-refractivity contribution in [3.8, 4) is 11.1 Å². The maximum atomic E-state index is 4.58. The van der Waals surface area contributed by atoms with Gasteiger partial charge in [-0.15, -0.1) is 0 Å². The predicted molar refractivity (Wildman–Crippen MR) is 219 cm³/mol. The van der Waals surface area contributed by atoms with Gasteiger partial charge in [-0.25, -0.2) is 0 Å². The van der Waals surface area contributed by atoms with Gasteiger partial charge in [0, 0.05) is 0 Å². The Hall–Kier alpha value is -1.76. The molecule has 6 rings (SSSR count). The molecule has 266 valence electrons. The van der Waals surface area contributed by atoms with E-state index < -0.39 is 15.8 Å². The average molecular weight is 1100 g/mol. The quantitative estimate of drug-likeness (QED) is 0.110. The third-order valence-corrected chi connectivity index (χ3v) is 13.3. The van der Waals surface area contributed by atoms with Gasteiger partial charge < -0.3 is 0 Å². The van der Waals surface area contributed by atoms with Crippen molar-refractivity contribution in [3.05, 3.63) is 166 Å². The molecule has 0 saturated carbocycles. The Morgan fingerprint density at radius 1 is 0.320 bits per heavy atom. The van der Waals surface area contributed by atoms with E-state index in [1.54, 1.807) is 40.0 Å². The second-order valence-electron chi connectivity index (χ2n) is 13.1. The molecule has 6 aromatic carbocycles. The Kier molecular flexibility index (Phi) is 15.9. The number of halogens is 2. The van der Waals surface area contributed by atoms with Crippen molar-refractivity contribution >= 4 is 66.0 Å². The summed E-state index contributed by atoms with van der Waals surface area (Å²) in [6.07, 6.45) is 0. The summed E-state index contributed by atoms with van der Waals surface area (Å²) >= 11 is 3.50. The van der Waals surface area contributed by atoms with Gasteiger partial charge in [-0.2, -0.15) is 0 Å². The third kappa shape index (κ3) is 10.2. The molecule has 0 N–H and O–H groups in total. The van der Waals surface area contributed by atoms with Gasteiger partial charge in [0.25, 0.3) is 0 Å². The maximum absolute atomic E-state index is 4.58. The molecule has 0 spiro atoms. The zero-order valence-electron chi connectivity index (χ0n) is 29.8. The first-order valence-electron chi connectivity index (χ1n) is 16.4. The number of benzene rings is 6. The van der Waals surface area contributed by atoms with Gasteiger partial charge in [-0.3, -0.25) is 0 Å². The van der Waals surface area contributed by atoms with Gasteiger partial charge in [0.1, 0.15) is 0 Å². The van der Waals surface area contributed by atoms with E-state index in [2.05, 4.69) is 195 Å². The molecule has 0 fully saturated rings. The van der Waals surface area contributed by atoms with Crippen LogP contribution in [-0.2, 0) is 40.0 Å². The fourth-order valence-electron chi connectivity index (χ4n) is 6.97. The van der Waals surface area contributed by atoms with Crippen LogP contribution in [-0.4, -0.2) is 0 Å². The molecular weight excluding hydrogens is 1060 g/mol. The minimum atomic E-state index is -0.809. The van der Waals surface area contributed by atoms with Crippen LogP contribution >= 0.6 is 34.2 Å². The summed E-state index contributed by atoms with van der Waals surface area (Å²) in [5.74, 6) is 0. The zero-order chi connectivity index (χ0) is 36.5. The summed E-state index contributed by atoms with van der Waals surface area (Å²) in [5.41, 5.74) is 13.2. The number of hydrogen-bond acceptors (Lipinski definition) is 0. The van der Waals surface area contributed by atoms with Crippen molar-refractivity contribution in [2.75, 3.05) is 0 Å². The Morgan fingerprint density at radius 2 is 0.520 bits per heavy atom. The Balaban J connectivity index is 0.00000136. The van der Waals surface area contributed by atoms with Crippen LogP contribution in [0.2, 0.25) is 0 Å². The zero-order valence-corrected chi connectivity index (χ0v) is 37.4. The monoisotopic (exact) mass is 1100 g/mol. The molecule has 0 aliphatic heterocycles. The van der Waals surface area contributed by atoms with Crippen LogP contribution in [0.4, 0.5) is 0 Å². The molecule has 0 saturated heterocycles. The number of aryl methyl sites for hydroxylation is 8. The molecule has 0 heterocycles. The van der Waals surface area contributed by atoms with Gasteiger partial charge in [0.15, 0.2) is 0 Å². The first-order valence-corrected chi connectivity index (χ1v) is 24.5. The van der Waals surface area contributed by atoms with E-state index in [1.165, 1.54) is 87.5 Å². The van der Waals surface area contributed by atoms with Crippen molar-refractivity contribution in [1.82, 2.24) is 0 Å². The second-order valence-corrected chi connectivity index (χ2v) is 17.5. The number of hydrogen-bond donors (Lipinski definition) is 0. The van der Waals surface area contributed by atoms with Crippen LogP contribution in [0, 0.1) is 55.4 Å². The normalized spacial score (nSPS) is 10.8. The van der Waals surface area contributed by atoms with Gasteiger partial charge in [0.05, 0.1) is 0 Å². The standard InChI is InChI=1S/C44H44P2.2Au.2ClH/c1-29-17-30(2)22-37(21-29)45(38-23-31(3)18-32(4)24-38)43-15-11-9-13-41(43)42-14-10-12-16-44(42)46(39-25-33(5)19-34(6)26-39)40-27-35(7)20-36(8)28-40;;;;/h9-28H,1-8H3;;;2*1H/q;2*+1;;/p-2. The van der Waals surface area contributed by atoms with Crippen molar-refractivity contribution in [3.63, 3.8) is 0 Å². The topological polar surface area (TPSA) is 0 Å². The van der Waals surface area contributed by atoms with Gasteiger partial charge in [-0.05, 0) is 114 Å². The second kappa shape index (κ2) is 19.4. The molecule has 0 radical (unpaired) electrons. The van der Waals surface area contributed by atoms with Crippen LogP contribution in [0.15, 0.2) is 121 Å². The predicted octanol–water partition coefficient (Wildman–Crippen LogP) is 10.7. The van der Waals surface area contributed by atoms with Crippen LogP contribution in [0.1, 0.15) is 44.5 Å². The fourth-order valence-corrected chi connectivity index (χ4v) is 12.7. The SMILES string of the molecule is Cc1cc(C)cc(P(c2cc(C)cc(C)c2)c2ccccc2-c2ccccc2P(c2cc(C)cc(C)c2)c2cc(C)cc(C)c2)c1.[Cl][Au].[Cl][Au]. The van der Waals surface area contributed by atoms with Crippen molar-refractivity contribution < 1.29 is 40.0 Å². The van der Waals surface area contributed by atoms with Crippen LogP contribution < -0.4 is 31.8 Å². The van der Waals surface area contributed by atoms with E-state index in [0.29, 0.717) is 0 Å². The Labute approximate surface area is 335 Å². The van der Waals surface area contributed by atoms with Gasteiger partial charge in [-0.1, -0.05) is 166 Å². The summed E-state index contributed by atoms with van der Waals surface area (Å²) in [6, 6.07) is 46.9. The molecule has 0 nitrogen and oxygen atoms in total. The minimum absolute atomic E-state index is 0.809. The summed E-state index contributed by atoms with van der Waals surface area (Å²) < 4.78 is 0. The van der Waals surface area contributed by atoms with Gasteiger partial charge >= 0.3 is 58.4 Å². The molecule has 0 atom stereocenters. The number of rotatable bonds is 7. The molecule has 0 bridgehead atoms. The van der Waals surface area contributed by atoms with Crippen molar-refractivity contribution in [2.45, 2.75) is 55.4 Å². The molecule has 6 aromatic rings. The first-order chi connectivity index (χ1) is 24.0. The third-order valence-electron chi connectivity index (χ3n) is 8.44. The van der Waals surface area contributed by atoms with E-state index in [1.807, 2.05) is 0 Å². The molecule has 0 aliphatic rings. The molecule has 50 heavy (non-hydrogen) atoms. The molecule has 0 aromatic heterocycles. The Morgan fingerprint density at radius 3 is 0.740 bits per heavy atom. The molecular formula is C44H44Au2Cl2P2. The molecule has 0 unspecified atom stereocenters. The summed E-state index contributed by atoms with van der Waals surface area (Å²) in [6.45, 7) is 17.8. The summed E-state index contributed by atoms with van der Waals surface area (Å²) in [7, 11) is 7.55.